The van der Waals surface area contributed by atoms with Gasteiger partial charge in [0, 0.05) is 30.6 Å². The van der Waals surface area contributed by atoms with Gasteiger partial charge in [-0.05, 0) is 75.4 Å². The van der Waals surface area contributed by atoms with E-state index in [9.17, 15) is 9.90 Å². The van der Waals surface area contributed by atoms with Crippen LogP contribution in [-0.2, 0) is 13.0 Å². The van der Waals surface area contributed by atoms with Crippen molar-refractivity contribution < 1.29 is 9.52 Å². The molecule has 2 aliphatic heterocycles. The van der Waals surface area contributed by atoms with Crippen molar-refractivity contribution in [3.05, 3.63) is 39.7 Å². The lowest BCUT2D eigenvalue weighted by atomic mass is 9.83. The third-order valence-electron chi connectivity index (χ3n) is 7.01. The van der Waals surface area contributed by atoms with Crippen molar-refractivity contribution in [2.75, 3.05) is 26.2 Å². The first-order chi connectivity index (χ1) is 14.1. The highest BCUT2D eigenvalue weighted by Gasteiger charge is 2.33. The van der Waals surface area contributed by atoms with E-state index < -0.39 is 0 Å². The maximum Gasteiger partial charge on any atom is 0.336 e. The molecule has 29 heavy (non-hydrogen) atoms. The monoisotopic (exact) mass is 398 g/mol. The van der Waals surface area contributed by atoms with Gasteiger partial charge >= 0.3 is 5.63 Å². The molecule has 2 atom stereocenters. The molecule has 1 N–H and O–H groups in total. The summed E-state index contributed by atoms with van der Waals surface area (Å²) in [5.74, 6) is 0.898. The van der Waals surface area contributed by atoms with Gasteiger partial charge in [0.05, 0.1) is 5.56 Å². The van der Waals surface area contributed by atoms with Crippen molar-refractivity contribution in [1.82, 2.24) is 9.80 Å². The number of aryl methyl sites for hydroxylation is 1. The smallest absolute Gasteiger partial charge is 0.336 e. The molecule has 0 spiro atoms. The summed E-state index contributed by atoms with van der Waals surface area (Å²) in [6.07, 6.45) is 7.34. The first-order valence-corrected chi connectivity index (χ1v) is 11.3. The summed E-state index contributed by atoms with van der Waals surface area (Å²) in [6.45, 7) is 9.28. The number of nitrogens with zero attached hydrogens (tertiary/aromatic N) is 2. The van der Waals surface area contributed by atoms with E-state index in [2.05, 4.69) is 16.7 Å². The number of phenols is 1. The number of fused-ring (bicyclic) bond motifs is 2. The van der Waals surface area contributed by atoms with E-state index >= 15 is 0 Å². The van der Waals surface area contributed by atoms with Crippen LogP contribution in [0.2, 0.25) is 0 Å². The fraction of sp³-hybridized carbons (Fsp3) is 0.625. The van der Waals surface area contributed by atoms with Gasteiger partial charge in [-0.25, -0.2) is 4.79 Å². The standard InChI is InChI=1S/C24H34N2O3/c1-3-17-14-23(28)29-24-19(17)10-11-22(27)20(24)16-25(4-2)15-18-8-7-13-26-12-6-5-9-21(18)26/h10-11,14,18,21,27H,3-9,12-13,15-16H2,1-2H3/t18-,21+/m0/s1. The molecule has 4 rings (SSSR count). The van der Waals surface area contributed by atoms with Crippen molar-refractivity contribution in [3.63, 3.8) is 0 Å². The van der Waals surface area contributed by atoms with E-state index in [1.807, 2.05) is 13.0 Å². The van der Waals surface area contributed by atoms with Crippen LogP contribution in [0.4, 0.5) is 0 Å². The normalized spacial score (nSPS) is 22.9. The lowest BCUT2D eigenvalue weighted by molar-refractivity contribution is 0.0398. The van der Waals surface area contributed by atoms with Crippen LogP contribution in [0.5, 0.6) is 5.75 Å². The topological polar surface area (TPSA) is 56.9 Å². The van der Waals surface area contributed by atoms with E-state index in [1.54, 1.807) is 12.1 Å². The average molecular weight is 399 g/mol. The lowest BCUT2D eigenvalue weighted by Gasteiger charge is -2.45. The zero-order chi connectivity index (χ0) is 20.4. The molecule has 0 aliphatic carbocycles. The second kappa shape index (κ2) is 8.88. The highest BCUT2D eigenvalue weighted by molar-refractivity contribution is 5.85. The number of phenolic OH excluding ortho intramolecular Hbond substituents is 1. The first-order valence-electron chi connectivity index (χ1n) is 11.3. The number of hydrogen-bond acceptors (Lipinski definition) is 5. The summed E-state index contributed by atoms with van der Waals surface area (Å²) in [6, 6.07) is 5.89. The molecule has 5 nitrogen and oxygen atoms in total. The Hall–Kier alpha value is -1.85. The Morgan fingerprint density at radius 1 is 1.17 bits per heavy atom. The third-order valence-corrected chi connectivity index (χ3v) is 7.01. The van der Waals surface area contributed by atoms with E-state index in [1.165, 1.54) is 45.2 Å². The van der Waals surface area contributed by atoms with Gasteiger partial charge in [0.15, 0.2) is 0 Å². The summed E-state index contributed by atoms with van der Waals surface area (Å²) in [5, 5.41) is 11.5. The van der Waals surface area contributed by atoms with Crippen molar-refractivity contribution in [1.29, 1.82) is 0 Å². The summed E-state index contributed by atoms with van der Waals surface area (Å²) in [7, 11) is 0. The summed E-state index contributed by atoms with van der Waals surface area (Å²) >= 11 is 0. The van der Waals surface area contributed by atoms with E-state index in [0.29, 0.717) is 24.1 Å². The Morgan fingerprint density at radius 3 is 2.79 bits per heavy atom. The highest BCUT2D eigenvalue weighted by atomic mass is 16.4. The molecule has 1 aromatic heterocycles. The van der Waals surface area contributed by atoms with Crippen molar-refractivity contribution in [2.24, 2.45) is 5.92 Å². The molecule has 0 amide bonds. The molecular weight excluding hydrogens is 364 g/mol. The third kappa shape index (κ3) is 4.22. The average Bonchev–Trinajstić information content (AvgIpc) is 2.74. The molecule has 158 valence electrons. The Bertz CT molecular complexity index is 905. The van der Waals surface area contributed by atoms with Crippen molar-refractivity contribution in [2.45, 2.75) is 65.0 Å². The second-order valence-corrected chi connectivity index (χ2v) is 8.71. The fourth-order valence-electron chi connectivity index (χ4n) is 5.43. The van der Waals surface area contributed by atoms with E-state index in [0.717, 1.165) is 36.0 Å². The van der Waals surface area contributed by atoms with Gasteiger partial charge in [0.1, 0.15) is 11.3 Å². The predicted molar refractivity (Wildman–Crippen MR) is 116 cm³/mol. The maximum absolute atomic E-state index is 12.1. The molecule has 2 fully saturated rings. The van der Waals surface area contributed by atoms with Gasteiger partial charge in [-0.3, -0.25) is 4.90 Å². The van der Waals surface area contributed by atoms with E-state index in [-0.39, 0.29) is 11.4 Å². The molecule has 0 bridgehead atoms. The number of aromatic hydroxyl groups is 1. The molecule has 2 saturated heterocycles. The van der Waals surface area contributed by atoms with Crippen LogP contribution >= 0.6 is 0 Å². The molecular formula is C24H34N2O3. The van der Waals surface area contributed by atoms with Crippen LogP contribution in [-0.4, -0.2) is 47.1 Å². The van der Waals surface area contributed by atoms with Crippen molar-refractivity contribution >= 4 is 11.0 Å². The molecule has 2 aliphatic rings. The zero-order valence-electron chi connectivity index (χ0n) is 17.8. The van der Waals surface area contributed by atoms with Gasteiger partial charge in [-0.2, -0.15) is 0 Å². The Morgan fingerprint density at radius 2 is 2.00 bits per heavy atom. The second-order valence-electron chi connectivity index (χ2n) is 8.71. The first kappa shape index (κ1) is 20.4. The molecule has 0 radical (unpaired) electrons. The van der Waals surface area contributed by atoms with Gasteiger partial charge in [0.2, 0.25) is 0 Å². The maximum atomic E-state index is 12.1. The zero-order valence-corrected chi connectivity index (χ0v) is 17.8. The molecule has 3 heterocycles. The van der Waals surface area contributed by atoms with Gasteiger partial charge in [-0.15, -0.1) is 0 Å². The Labute approximate surface area is 173 Å². The van der Waals surface area contributed by atoms with Gasteiger partial charge in [0.25, 0.3) is 0 Å². The molecule has 1 aromatic carbocycles. The molecule has 0 unspecified atom stereocenters. The Kier molecular flexibility index (Phi) is 6.26. The molecule has 2 aromatic rings. The van der Waals surface area contributed by atoms with Crippen LogP contribution in [0.15, 0.2) is 27.4 Å². The van der Waals surface area contributed by atoms with Gasteiger partial charge < -0.3 is 14.4 Å². The minimum atomic E-state index is -0.339. The predicted octanol–water partition coefficient (Wildman–Crippen LogP) is 4.15. The highest BCUT2D eigenvalue weighted by Crippen LogP contribution is 2.33. The molecule has 5 heteroatoms. The minimum absolute atomic E-state index is 0.218. The van der Waals surface area contributed by atoms with Gasteiger partial charge in [-0.1, -0.05) is 20.3 Å². The lowest BCUT2D eigenvalue weighted by Crippen LogP contribution is -2.50. The van der Waals surface area contributed by atoms with E-state index in [4.69, 9.17) is 4.42 Å². The number of piperidine rings is 2. The van der Waals surface area contributed by atoms with Crippen molar-refractivity contribution in [3.8, 4) is 5.75 Å². The SMILES string of the molecule is CCc1cc(=O)oc2c(CN(CC)C[C@@H]3CCCN4CCCC[C@H]34)c(O)ccc12. The molecule has 0 saturated carbocycles. The van der Waals surface area contributed by atoms with Crippen LogP contribution < -0.4 is 5.63 Å². The van der Waals surface area contributed by atoms with Crippen LogP contribution in [0.25, 0.3) is 11.0 Å². The summed E-state index contributed by atoms with van der Waals surface area (Å²) in [5.41, 5.74) is 1.93. The Balaban J connectivity index is 1.60. The number of hydrogen-bond donors (Lipinski definition) is 1. The van der Waals surface area contributed by atoms with Crippen LogP contribution in [0.1, 0.15) is 57.1 Å². The fourth-order valence-corrected chi connectivity index (χ4v) is 5.43. The quantitative estimate of drug-likeness (QED) is 0.741. The van der Waals surface area contributed by atoms with Crippen LogP contribution in [0, 0.1) is 5.92 Å². The largest absolute Gasteiger partial charge is 0.507 e. The minimum Gasteiger partial charge on any atom is -0.507 e. The summed E-state index contributed by atoms with van der Waals surface area (Å²) < 4.78 is 5.59. The van der Waals surface area contributed by atoms with Crippen LogP contribution in [0.3, 0.4) is 0 Å². The number of rotatable bonds is 6. The summed E-state index contributed by atoms with van der Waals surface area (Å²) in [4.78, 5) is 17.2. The number of benzene rings is 1.